The average Bonchev–Trinajstić information content (AvgIpc) is 2.85. The second kappa shape index (κ2) is 16.1. The number of carbonyl (C=O) groups excluding carboxylic acids is 1. The highest BCUT2D eigenvalue weighted by molar-refractivity contribution is 5.88. The Morgan fingerprint density at radius 2 is 1.35 bits per heavy atom. The Kier molecular flexibility index (Phi) is 13.1. The average molecular weight is 575 g/mol. The van der Waals surface area contributed by atoms with Gasteiger partial charge in [-0.25, -0.2) is 9.36 Å². The predicted molar refractivity (Wildman–Crippen MR) is 128 cm³/mol. The van der Waals surface area contributed by atoms with Crippen molar-refractivity contribution in [2.24, 2.45) is 7.05 Å². The summed E-state index contributed by atoms with van der Waals surface area (Å²) in [6.45, 7) is 1.68. The van der Waals surface area contributed by atoms with E-state index in [1.807, 2.05) is 66.3 Å². The van der Waals surface area contributed by atoms with Gasteiger partial charge in [0.05, 0.1) is 13.2 Å². The van der Waals surface area contributed by atoms with Gasteiger partial charge in [-0.05, 0) is 36.6 Å². The Hall–Kier alpha value is -2.61. The van der Waals surface area contributed by atoms with Gasteiger partial charge in [0.1, 0.15) is 19.2 Å². The third-order valence-electron chi connectivity index (χ3n) is 5.29. The summed E-state index contributed by atoms with van der Waals surface area (Å²) in [7, 11) is 1.89. The lowest BCUT2D eigenvalue weighted by atomic mass is 10.1. The molecule has 0 saturated carbocycles. The van der Waals surface area contributed by atoms with Crippen LogP contribution in [0.25, 0.3) is 0 Å². The number of aryl methyl sites for hydroxylation is 1. The zero-order valence-corrected chi connectivity index (χ0v) is 22.0. The van der Waals surface area contributed by atoms with Crippen molar-refractivity contribution in [2.75, 3.05) is 13.2 Å². The molecule has 0 aliphatic carbocycles. The number of benzene rings is 2. The normalized spacial score (nSPS) is 10.3. The lowest BCUT2D eigenvalue weighted by molar-refractivity contribution is -0.671. The Labute approximate surface area is 220 Å². The molecule has 182 valence electrons. The van der Waals surface area contributed by atoms with Crippen LogP contribution in [-0.2, 0) is 18.4 Å². The molecule has 2 aromatic carbocycles. The van der Waals surface area contributed by atoms with Crippen molar-refractivity contribution in [3.63, 3.8) is 0 Å². The molecule has 5 nitrogen and oxygen atoms in total. The molecule has 0 aliphatic heterocycles. The van der Waals surface area contributed by atoms with E-state index in [0.717, 1.165) is 55.6 Å². The van der Waals surface area contributed by atoms with Crippen LogP contribution in [0.4, 0.5) is 0 Å². The fourth-order valence-electron chi connectivity index (χ4n) is 3.47. The van der Waals surface area contributed by atoms with E-state index >= 15 is 0 Å². The van der Waals surface area contributed by atoms with Crippen molar-refractivity contribution in [3.05, 3.63) is 90.3 Å². The number of aromatic nitrogens is 1. The van der Waals surface area contributed by atoms with E-state index in [0.29, 0.717) is 25.4 Å². The number of ether oxygens (including phenoxy) is 3. The molecule has 0 atom stereocenters. The van der Waals surface area contributed by atoms with Crippen LogP contribution >= 0.6 is 0 Å². The van der Waals surface area contributed by atoms with E-state index < -0.39 is 0 Å². The number of hydrogen-bond donors (Lipinski definition) is 0. The first-order chi connectivity index (χ1) is 16.2. The summed E-state index contributed by atoms with van der Waals surface area (Å²) >= 11 is 0. The molecule has 0 aliphatic rings. The monoisotopic (exact) mass is 575 g/mol. The van der Waals surface area contributed by atoms with Gasteiger partial charge in [0.2, 0.25) is 0 Å². The maximum atomic E-state index is 12.0. The van der Waals surface area contributed by atoms with Gasteiger partial charge in [-0.2, -0.15) is 0 Å². The molecule has 1 aromatic heterocycles. The van der Waals surface area contributed by atoms with Crippen molar-refractivity contribution >= 4 is 5.97 Å². The second-order valence-electron chi connectivity index (χ2n) is 8.08. The molecule has 0 N–H and O–H groups in total. The summed E-state index contributed by atoms with van der Waals surface area (Å²) in [6, 6.07) is 21.6. The van der Waals surface area contributed by atoms with Crippen LogP contribution in [0.5, 0.6) is 11.5 Å². The van der Waals surface area contributed by atoms with Gasteiger partial charge in [0.15, 0.2) is 23.9 Å². The number of halogens is 1. The Balaban J connectivity index is 0.00000408. The molecule has 1 heterocycles. The number of pyridine rings is 1. The maximum Gasteiger partial charge on any atom is 0.344 e. The highest BCUT2D eigenvalue weighted by Crippen LogP contribution is 2.27. The van der Waals surface area contributed by atoms with Gasteiger partial charge in [-0.3, -0.25) is 0 Å². The van der Waals surface area contributed by atoms with Crippen LogP contribution in [0.3, 0.4) is 0 Å². The largest absolute Gasteiger partial charge is 1.00 e. The van der Waals surface area contributed by atoms with Gasteiger partial charge in [0.25, 0.3) is 0 Å². The van der Waals surface area contributed by atoms with Crippen LogP contribution in [0, 0.1) is 0 Å². The predicted octanol–water partition coefficient (Wildman–Crippen LogP) is 2.67. The first kappa shape index (κ1) is 27.6. The quantitative estimate of drug-likeness (QED) is 0.129. The van der Waals surface area contributed by atoms with E-state index in [1.165, 1.54) is 0 Å². The first-order valence-corrected chi connectivity index (χ1v) is 11.7. The highest BCUT2D eigenvalue weighted by atomic mass is 127. The Morgan fingerprint density at radius 3 is 2.06 bits per heavy atom. The standard InChI is InChI=1S/C28H34NO4.HI/c1-29-19-13-16-25(22-29)28(30)32-21-12-5-3-2-4-11-20-31-26-17-9-10-18-27(26)33-23-24-14-7-6-8-15-24;/h6-10,13-19,22H,2-5,11-12,20-21,23H2,1H3;1H/q+1;/p-1. The summed E-state index contributed by atoms with van der Waals surface area (Å²) < 4.78 is 19.1. The minimum absolute atomic E-state index is 0. The van der Waals surface area contributed by atoms with E-state index in [2.05, 4.69) is 12.1 Å². The maximum absolute atomic E-state index is 12.0. The number of unbranched alkanes of at least 4 members (excludes halogenated alkanes) is 5. The molecule has 0 fully saturated rings. The molecule has 0 bridgehead atoms. The summed E-state index contributed by atoms with van der Waals surface area (Å²) in [6.07, 6.45) is 10.0. The van der Waals surface area contributed by atoms with Crippen molar-refractivity contribution in [2.45, 2.75) is 45.1 Å². The molecule has 0 saturated heterocycles. The summed E-state index contributed by atoms with van der Waals surface area (Å²) in [5.74, 6) is 1.32. The fraction of sp³-hybridized carbons (Fsp3) is 0.357. The number of esters is 1. The van der Waals surface area contributed by atoms with Crippen molar-refractivity contribution in [1.29, 1.82) is 0 Å². The molecule has 3 aromatic rings. The minimum Gasteiger partial charge on any atom is -1.00 e. The first-order valence-electron chi connectivity index (χ1n) is 11.7. The van der Waals surface area contributed by atoms with E-state index in [9.17, 15) is 4.79 Å². The fourth-order valence-corrected chi connectivity index (χ4v) is 3.47. The zero-order chi connectivity index (χ0) is 23.1. The zero-order valence-electron chi connectivity index (χ0n) is 19.8. The van der Waals surface area contributed by atoms with E-state index in [4.69, 9.17) is 14.2 Å². The topological polar surface area (TPSA) is 48.6 Å². The molecule has 0 amide bonds. The van der Waals surface area contributed by atoms with Crippen LogP contribution in [0.2, 0.25) is 0 Å². The molecule has 3 rings (SSSR count). The van der Waals surface area contributed by atoms with E-state index in [-0.39, 0.29) is 29.9 Å². The lowest BCUT2D eigenvalue weighted by Crippen LogP contribution is -3.00. The highest BCUT2D eigenvalue weighted by Gasteiger charge is 2.10. The van der Waals surface area contributed by atoms with Gasteiger partial charge in [-0.1, -0.05) is 68.1 Å². The number of hydrogen-bond acceptors (Lipinski definition) is 4. The van der Waals surface area contributed by atoms with Crippen molar-refractivity contribution < 1.29 is 47.5 Å². The van der Waals surface area contributed by atoms with E-state index in [1.54, 1.807) is 12.3 Å². The summed E-state index contributed by atoms with van der Waals surface area (Å²) in [5.41, 5.74) is 1.73. The van der Waals surface area contributed by atoms with Crippen LogP contribution in [0.1, 0.15) is 54.4 Å². The lowest BCUT2D eigenvalue weighted by Gasteiger charge is -2.12. The molecule has 6 heteroatoms. The van der Waals surface area contributed by atoms with Gasteiger partial charge in [0, 0.05) is 6.07 Å². The second-order valence-corrected chi connectivity index (χ2v) is 8.08. The van der Waals surface area contributed by atoms with Gasteiger partial charge >= 0.3 is 5.97 Å². The van der Waals surface area contributed by atoms with Gasteiger partial charge < -0.3 is 38.2 Å². The SMILES string of the molecule is C[n+]1cccc(C(=O)OCCCCCCCCOc2ccccc2OCc2ccccc2)c1.[I-]. The summed E-state index contributed by atoms with van der Waals surface area (Å²) in [5, 5.41) is 0. The number of rotatable bonds is 14. The Bertz CT molecular complexity index is 981. The third-order valence-corrected chi connectivity index (χ3v) is 5.29. The van der Waals surface area contributed by atoms with Crippen molar-refractivity contribution in [1.82, 2.24) is 0 Å². The van der Waals surface area contributed by atoms with Crippen LogP contribution in [-0.4, -0.2) is 19.2 Å². The van der Waals surface area contributed by atoms with Gasteiger partial charge in [-0.15, -0.1) is 0 Å². The minimum atomic E-state index is -0.253. The molecule has 0 unspecified atom stereocenters. The number of nitrogens with zero attached hydrogens (tertiary/aromatic N) is 1. The smallest absolute Gasteiger partial charge is 0.344 e. The van der Waals surface area contributed by atoms with Crippen LogP contribution < -0.4 is 38.0 Å². The Morgan fingerprint density at radius 1 is 0.735 bits per heavy atom. The van der Waals surface area contributed by atoms with Crippen LogP contribution in [0.15, 0.2) is 79.1 Å². The molecular weight excluding hydrogens is 541 g/mol. The number of para-hydroxylation sites is 2. The molecule has 0 radical (unpaired) electrons. The third kappa shape index (κ3) is 10.1. The number of carbonyl (C=O) groups is 1. The molecule has 0 spiro atoms. The summed E-state index contributed by atoms with van der Waals surface area (Å²) in [4.78, 5) is 12.0. The molecular formula is C28H34INO4. The van der Waals surface area contributed by atoms with Crippen molar-refractivity contribution in [3.8, 4) is 11.5 Å². The molecule has 34 heavy (non-hydrogen) atoms.